The molecule has 1 aromatic carbocycles. The highest BCUT2D eigenvalue weighted by molar-refractivity contribution is 5.94. The summed E-state index contributed by atoms with van der Waals surface area (Å²) in [6, 6.07) is 2.76. The molecular weight excluding hydrogens is 228 g/mol. The third-order valence-corrected chi connectivity index (χ3v) is 2.70. The molecule has 0 bridgehead atoms. The summed E-state index contributed by atoms with van der Waals surface area (Å²) in [4.78, 5) is 11.7. The standard InChI is InChI=1S/C12H13F2NO2/c1-12(6-17-7-12)5-15-11(16)8-2-9(13)4-10(14)3-8/h2-4H,5-7H2,1H3,(H,15,16). The number of ether oxygens (including phenoxy) is 1. The average molecular weight is 241 g/mol. The van der Waals surface area contributed by atoms with Crippen LogP contribution in [-0.2, 0) is 4.74 Å². The van der Waals surface area contributed by atoms with Gasteiger partial charge in [-0.3, -0.25) is 4.79 Å². The molecule has 1 N–H and O–H groups in total. The van der Waals surface area contributed by atoms with E-state index in [9.17, 15) is 13.6 Å². The smallest absolute Gasteiger partial charge is 0.251 e. The number of nitrogens with one attached hydrogen (secondary N) is 1. The van der Waals surface area contributed by atoms with Crippen molar-refractivity contribution in [3.05, 3.63) is 35.4 Å². The average Bonchev–Trinajstić information content (AvgIpc) is 2.22. The predicted octanol–water partition coefficient (Wildman–Crippen LogP) is 1.73. The number of hydrogen-bond acceptors (Lipinski definition) is 2. The SMILES string of the molecule is CC1(CNC(=O)c2cc(F)cc(F)c2)COC1. The first-order valence-corrected chi connectivity index (χ1v) is 5.31. The van der Waals surface area contributed by atoms with Crippen molar-refractivity contribution >= 4 is 5.91 Å². The number of halogens is 2. The third-order valence-electron chi connectivity index (χ3n) is 2.70. The highest BCUT2D eigenvalue weighted by atomic mass is 19.1. The summed E-state index contributed by atoms with van der Waals surface area (Å²) in [6.45, 7) is 3.59. The fourth-order valence-electron chi connectivity index (χ4n) is 1.63. The minimum Gasteiger partial charge on any atom is -0.380 e. The summed E-state index contributed by atoms with van der Waals surface area (Å²) >= 11 is 0. The Kier molecular flexibility index (Phi) is 3.11. The molecule has 0 spiro atoms. The Bertz CT molecular complexity index is 424. The summed E-state index contributed by atoms with van der Waals surface area (Å²) in [5.74, 6) is -1.99. The van der Waals surface area contributed by atoms with Gasteiger partial charge in [-0.15, -0.1) is 0 Å². The van der Waals surface area contributed by atoms with Crippen molar-refractivity contribution in [1.82, 2.24) is 5.32 Å². The lowest BCUT2D eigenvalue weighted by molar-refractivity contribution is -0.0978. The van der Waals surface area contributed by atoms with Gasteiger partial charge in [0, 0.05) is 23.6 Å². The molecular formula is C12H13F2NO2. The molecule has 1 heterocycles. The van der Waals surface area contributed by atoms with E-state index < -0.39 is 17.5 Å². The molecule has 1 saturated heterocycles. The van der Waals surface area contributed by atoms with Crippen LogP contribution in [0.3, 0.4) is 0 Å². The molecule has 1 aliphatic rings. The van der Waals surface area contributed by atoms with E-state index in [0.29, 0.717) is 19.8 Å². The van der Waals surface area contributed by atoms with E-state index in [4.69, 9.17) is 4.74 Å². The molecule has 92 valence electrons. The quantitative estimate of drug-likeness (QED) is 0.875. The van der Waals surface area contributed by atoms with Gasteiger partial charge in [-0.2, -0.15) is 0 Å². The fourth-order valence-corrected chi connectivity index (χ4v) is 1.63. The molecule has 2 rings (SSSR count). The summed E-state index contributed by atoms with van der Waals surface area (Å²) < 4.78 is 30.8. The first-order valence-electron chi connectivity index (χ1n) is 5.31. The van der Waals surface area contributed by atoms with E-state index in [1.807, 2.05) is 6.92 Å². The van der Waals surface area contributed by atoms with E-state index in [0.717, 1.165) is 18.2 Å². The number of rotatable bonds is 3. The molecule has 0 aliphatic carbocycles. The molecule has 0 unspecified atom stereocenters. The van der Waals surface area contributed by atoms with Crippen molar-refractivity contribution in [2.24, 2.45) is 5.41 Å². The minimum atomic E-state index is -0.756. The zero-order valence-corrected chi connectivity index (χ0v) is 9.43. The molecule has 1 aromatic rings. The number of benzene rings is 1. The van der Waals surface area contributed by atoms with Crippen molar-refractivity contribution in [2.45, 2.75) is 6.92 Å². The summed E-state index contributed by atoms with van der Waals surface area (Å²) in [5.41, 5.74) is -0.0759. The topological polar surface area (TPSA) is 38.3 Å². The van der Waals surface area contributed by atoms with Crippen LogP contribution in [0.5, 0.6) is 0 Å². The highest BCUT2D eigenvalue weighted by Gasteiger charge is 2.33. The lowest BCUT2D eigenvalue weighted by Gasteiger charge is -2.38. The second kappa shape index (κ2) is 4.41. The van der Waals surface area contributed by atoms with Gasteiger partial charge >= 0.3 is 0 Å². The maximum Gasteiger partial charge on any atom is 0.251 e. The van der Waals surface area contributed by atoms with Crippen LogP contribution in [-0.4, -0.2) is 25.7 Å². The maximum atomic E-state index is 12.9. The third kappa shape index (κ3) is 2.79. The van der Waals surface area contributed by atoms with Crippen molar-refractivity contribution in [3.8, 4) is 0 Å². The van der Waals surface area contributed by atoms with Gasteiger partial charge < -0.3 is 10.1 Å². The Labute approximate surface area is 97.8 Å². The van der Waals surface area contributed by atoms with Crippen molar-refractivity contribution in [3.63, 3.8) is 0 Å². The molecule has 0 atom stereocenters. The van der Waals surface area contributed by atoms with Crippen LogP contribution in [0.15, 0.2) is 18.2 Å². The van der Waals surface area contributed by atoms with E-state index in [1.54, 1.807) is 0 Å². The van der Waals surface area contributed by atoms with Gasteiger partial charge in [0.25, 0.3) is 5.91 Å². The normalized spacial score (nSPS) is 17.4. The van der Waals surface area contributed by atoms with E-state index in [2.05, 4.69) is 5.32 Å². The fraction of sp³-hybridized carbons (Fsp3) is 0.417. The molecule has 0 radical (unpaired) electrons. The summed E-state index contributed by atoms with van der Waals surface area (Å²) in [5, 5.41) is 2.64. The van der Waals surface area contributed by atoms with Gasteiger partial charge in [0.05, 0.1) is 13.2 Å². The van der Waals surface area contributed by atoms with Gasteiger partial charge in [0.15, 0.2) is 0 Å². The van der Waals surface area contributed by atoms with Crippen LogP contribution in [0.1, 0.15) is 17.3 Å². The Morgan fingerprint density at radius 2 is 1.94 bits per heavy atom. The van der Waals surface area contributed by atoms with Crippen LogP contribution in [0.25, 0.3) is 0 Å². The highest BCUT2D eigenvalue weighted by Crippen LogP contribution is 2.25. The number of hydrogen-bond donors (Lipinski definition) is 1. The van der Waals surface area contributed by atoms with E-state index in [1.165, 1.54) is 0 Å². The van der Waals surface area contributed by atoms with Gasteiger partial charge in [-0.25, -0.2) is 8.78 Å². The first-order chi connectivity index (χ1) is 7.98. The predicted molar refractivity (Wildman–Crippen MR) is 57.6 cm³/mol. The van der Waals surface area contributed by atoms with Gasteiger partial charge in [-0.05, 0) is 12.1 Å². The molecule has 1 fully saturated rings. The minimum absolute atomic E-state index is 0.00802. The Morgan fingerprint density at radius 1 is 1.35 bits per heavy atom. The van der Waals surface area contributed by atoms with Crippen LogP contribution in [0, 0.1) is 17.0 Å². The molecule has 17 heavy (non-hydrogen) atoms. The van der Waals surface area contributed by atoms with Crippen LogP contribution in [0.2, 0.25) is 0 Å². The number of amides is 1. The lowest BCUT2D eigenvalue weighted by Crippen LogP contribution is -2.48. The molecule has 1 amide bonds. The van der Waals surface area contributed by atoms with Gasteiger partial charge in [0.1, 0.15) is 11.6 Å². The summed E-state index contributed by atoms with van der Waals surface area (Å²) in [6.07, 6.45) is 0. The Morgan fingerprint density at radius 3 is 2.41 bits per heavy atom. The summed E-state index contributed by atoms with van der Waals surface area (Å²) in [7, 11) is 0. The monoisotopic (exact) mass is 241 g/mol. The van der Waals surface area contributed by atoms with E-state index in [-0.39, 0.29) is 11.0 Å². The zero-order chi connectivity index (χ0) is 12.5. The second-order valence-electron chi connectivity index (χ2n) is 4.64. The van der Waals surface area contributed by atoms with Crippen LogP contribution >= 0.6 is 0 Å². The molecule has 1 aliphatic heterocycles. The largest absolute Gasteiger partial charge is 0.380 e. The number of carbonyl (C=O) groups excluding carboxylic acids is 1. The molecule has 0 aromatic heterocycles. The zero-order valence-electron chi connectivity index (χ0n) is 9.43. The number of carbonyl (C=O) groups is 1. The van der Waals surface area contributed by atoms with Crippen molar-refractivity contribution in [1.29, 1.82) is 0 Å². The van der Waals surface area contributed by atoms with Gasteiger partial charge in [-0.1, -0.05) is 6.92 Å². The second-order valence-corrected chi connectivity index (χ2v) is 4.64. The molecule has 5 heteroatoms. The van der Waals surface area contributed by atoms with Crippen LogP contribution in [0.4, 0.5) is 8.78 Å². The Hall–Kier alpha value is -1.49. The Balaban J connectivity index is 1.99. The van der Waals surface area contributed by atoms with Gasteiger partial charge in [0.2, 0.25) is 0 Å². The lowest BCUT2D eigenvalue weighted by atomic mass is 9.88. The molecule has 3 nitrogen and oxygen atoms in total. The van der Waals surface area contributed by atoms with Crippen molar-refractivity contribution < 1.29 is 18.3 Å². The molecule has 0 saturated carbocycles. The van der Waals surface area contributed by atoms with Crippen molar-refractivity contribution in [2.75, 3.05) is 19.8 Å². The maximum absolute atomic E-state index is 12.9. The van der Waals surface area contributed by atoms with Crippen LogP contribution < -0.4 is 5.32 Å². The van der Waals surface area contributed by atoms with E-state index >= 15 is 0 Å². The first kappa shape index (κ1) is 12.0.